The lowest BCUT2D eigenvalue weighted by Gasteiger charge is -2.07. The van der Waals surface area contributed by atoms with Gasteiger partial charge in [-0.1, -0.05) is 0 Å². The molecule has 2 amide bonds. The van der Waals surface area contributed by atoms with E-state index >= 15 is 0 Å². The number of hydrogen-bond acceptors (Lipinski definition) is 6. The van der Waals surface area contributed by atoms with E-state index in [1.807, 2.05) is 6.92 Å². The van der Waals surface area contributed by atoms with Crippen molar-refractivity contribution in [3.8, 4) is 17.2 Å². The van der Waals surface area contributed by atoms with Gasteiger partial charge in [-0.05, 0) is 50.2 Å². The van der Waals surface area contributed by atoms with Crippen LogP contribution in [-0.4, -0.2) is 34.3 Å². The van der Waals surface area contributed by atoms with E-state index < -0.39 is 11.8 Å². The molecule has 0 radical (unpaired) electrons. The van der Waals surface area contributed by atoms with E-state index in [0.717, 1.165) is 6.07 Å². The molecule has 8 nitrogen and oxygen atoms in total. The smallest absolute Gasteiger partial charge is 0.329 e. The summed E-state index contributed by atoms with van der Waals surface area (Å²) in [5.41, 5.74) is 3.13. The molecule has 2 rings (SSSR count). The van der Waals surface area contributed by atoms with Crippen LogP contribution in [0.15, 0.2) is 47.6 Å². The van der Waals surface area contributed by atoms with E-state index in [4.69, 9.17) is 4.74 Å². The minimum absolute atomic E-state index is 0.0992. The van der Waals surface area contributed by atoms with Gasteiger partial charge in [-0.25, -0.2) is 5.43 Å². The summed E-state index contributed by atoms with van der Waals surface area (Å²) in [4.78, 5) is 23.7. The van der Waals surface area contributed by atoms with Gasteiger partial charge < -0.3 is 20.3 Å². The van der Waals surface area contributed by atoms with Gasteiger partial charge in [0.25, 0.3) is 0 Å². The van der Waals surface area contributed by atoms with Gasteiger partial charge in [-0.2, -0.15) is 5.10 Å². The van der Waals surface area contributed by atoms with Crippen LogP contribution >= 0.6 is 0 Å². The first-order chi connectivity index (χ1) is 12.4. The lowest BCUT2D eigenvalue weighted by Crippen LogP contribution is -2.32. The van der Waals surface area contributed by atoms with Crippen LogP contribution in [0.25, 0.3) is 0 Å². The average Bonchev–Trinajstić information content (AvgIpc) is 2.61. The van der Waals surface area contributed by atoms with E-state index in [9.17, 15) is 19.8 Å². The van der Waals surface area contributed by atoms with Gasteiger partial charge in [-0.3, -0.25) is 9.59 Å². The van der Waals surface area contributed by atoms with Gasteiger partial charge in [0.15, 0.2) is 0 Å². The maximum absolute atomic E-state index is 11.9. The summed E-state index contributed by atoms with van der Waals surface area (Å²) >= 11 is 0. The average molecular weight is 357 g/mol. The minimum atomic E-state index is -0.962. The molecular formula is C18H19N3O5. The fourth-order valence-corrected chi connectivity index (χ4v) is 2.06. The second-order valence-corrected chi connectivity index (χ2v) is 5.25. The molecule has 26 heavy (non-hydrogen) atoms. The highest BCUT2D eigenvalue weighted by molar-refractivity contribution is 6.39. The van der Waals surface area contributed by atoms with E-state index in [1.54, 1.807) is 24.3 Å². The number of rotatable bonds is 5. The fourth-order valence-electron chi connectivity index (χ4n) is 2.06. The zero-order valence-electron chi connectivity index (χ0n) is 14.3. The maximum atomic E-state index is 11.9. The first kappa shape index (κ1) is 18.8. The van der Waals surface area contributed by atoms with Crippen LogP contribution in [0.2, 0.25) is 0 Å². The molecule has 8 heteroatoms. The Labute approximate surface area is 150 Å². The highest BCUT2D eigenvalue weighted by Gasteiger charge is 2.14. The van der Waals surface area contributed by atoms with Gasteiger partial charge in [0.2, 0.25) is 0 Å². The van der Waals surface area contributed by atoms with Crippen molar-refractivity contribution < 1.29 is 24.5 Å². The summed E-state index contributed by atoms with van der Waals surface area (Å²) in [6.07, 6.45) is 0. The third-order valence-corrected chi connectivity index (χ3v) is 3.33. The third-order valence-electron chi connectivity index (χ3n) is 3.33. The third kappa shape index (κ3) is 4.97. The molecule has 0 bridgehead atoms. The van der Waals surface area contributed by atoms with Crippen LogP contribution in [0.4, 0.5) is 5.69 Å². The zero-order valence-corrected chi connectivity index (χ0v) is 14.3. The summed E-state index contributed by atoms with van der Waals surface area (Å²) in [7, 11) is 0. The number of benzene rings is 2. The molecular weight excluding hydrogens is 338 g/mol. The predicted molar refractivity (Wildman–Crippen MR) is 96.4 cm³/mol. The van der Waals surface area contributed by atoms with Crippen molar-refractivity contribution in [3.05, 3.63) is 48.0 Å². The lowest BCUT2D eigenvalue weighted by molar-refractivity contribution is -0.136. The van der Waals surface area contributed by atoms with Crippen molar-refractivity contribution in [1.29, 1.82) is 0 Å². The molecule has 0 saturated heterocycles. The maximum Gasteiger partial charge on any atom is 0.329 e. The Morgan fingerprint density at radius 1 is 1.08 bits per heavy atom. The Bertz CT molecular complexity index is 831. The molecule has 0 heterocycles. The summed E-state index contributed by atoms with van der Waals surface area (Å²) in [6, 6.07) is 10.5. The molecule has 136 valence electrons. The first-order valence-corrected chi connectivity index (χ1v) is 7.81. The van der Waals surface area contributed by atoms with Crippen molar-refractivity contribution in [2.24, 2.45) is 5.10 Å². The van der Waals surface area contributed by atoms with Gasteiger partial charge >= 0.3 is 11.8 Å². The normalized spacial score (nSPS) is 10.9. The highest BCUT2D eigenvalue weighted by Crippen LogP contribution is 2.23. The second kappa shape index (κ2) is 8.52. The molecule has 0 aliphatic carbocycles. The molecule has 2 aromatic carbocycles. The summed E-state index contributed by atoms with van der Waals surface area (Å²) in [5.74, 6) is -1.49. The van der Waals surface area contributed by atoms with E-state index in [-0.39, 0.29) is 17.2 Å². The Balaban J connectivity index is 1.96. The number of amides is 2. The molecule has 0 spiro atoms. The van der Waals surface area contributed by atoms with Crippen LogP contribution in [0, 0.1) is 0 Å². The molecule has 0 unspecified atom stereocenters. The van der Waals surface area contributed by atoms with Crippen LogP contribution < -0.4 is 15.5 Å². The molecule has 0 aromatic heterocycles. The molecule has 0 aliphatic heterocycles. The lowest BCUT2D eigenvalue weighted by atomic mass is 10.1. The predicted octanol–water partition coefficient (Wildman–Crippen LogP) is 1.98. The highest BCUT2D eigenvalue weighted by atomic mass is 16.5. The topological polar surface area (TPSA) is 120 Å². The van der Waals surface area contributed by atoms with E-state index in [0.29, 0.717) is 23.6 Å². The molecule has 0 atom stereocenters. The van der Waals surface area contributed by atoms with E-state index in [1.165, 1.54) is 19.1 Å². The molecule has 2 aromatic rings. The minimum Gasteiger partial charge on any atom is -0.508 e. The molecule has 0 fully saturated rings. The SMILES string of the molecule is CCOc1ccc(NC(=O)C(=O)N/N=C(\C)c2ccc(O)cc2O)cc1. The number of aromatic hydroxyl groups is 2. The Morgan fingerprint density at radius 3 is 2.38 bits per heavy atom. The van der Waals surface area contributed by atoms with Crippen molar-refractivity contribution >= 4 is 23.2 Å². The van der Waals surface area contributed by atoms with Crippen LogP contribution in [-0.2, 0) is 9.59 Å². The van der Waals surface area contributed by atoms with Crippen molar-refractivity contribution in [1.82, 2.24) is 5.43 Å². The number of nitrogens with zero attached hydrogens (tertiary/aromatic N) is 1. The number of hydrogen-bond donors (Lipinski definition) is 4. The number of ether oxygens (including phenoxy) is 1. The number of phenols is 2. The molecule has 0 saturated carbocycles. The second-order valence-electron chi connectivity index (χ2n) is 5.25. The largest absolute Gasteiger partial charge is 0.508 e. The number of carbonyl (C=O) groups excluding carboxylic acids is 2. The number of anilines is 1. The van der Waals surface area contributed by atoms with Crippen LogP contribution in [0.3, 0.4) is 0 Å². The summed E-state index contributed by atoms with van der Waals surface area (Å²) < 4.78 is 5.29. The molecule has 0 aliphatic rings. The Kier molecular flexibility index (Phi) is 6.15. The number of carbonyl (C=O) groups is 2. The first-order valence-electron chi connectivity index (χ1n) is 7.81. The fraction of sp³-hybridized carbons (Fsp3) is 0.167. The summed E-state index contributed by atoms with van der Waals surface area (Å²) in [5, 5.41) is 25.2. The van der Waals surface area contributed by atoms with Gasteiger partial charge in [-0.15, -0.1) is 0 Å². The zero-order chi connectivity index (χ0) is 19.1. The van der Waals surface area contributed by atoms with Crippen LogP contribution in [0.5, 0.6) is 17.2 Å². The van der Waals surface area contributed by atoms with Crippen molar-refractivity contribution in [2.45, 2.75) is 13.8 Å². The van der Waals surface area contributed by atoms with Crippen molar-refractivity contribution in [2.75, 3.05) is 11.9 Å². The van der Waals surface area contributed by atoms with Gasteiger partial charge in [0, 0.05) is 17.3 Å². The van der Waals surface area contributed by atoms with E-state index in [2.05, 4.69) is 15.8 Å². The Morgan fingerprint density at radius 2 is 1.77 bits per heavy atom. The van der Waals surface area contributed by atoms with Crippen LogP contribution in [0.1, 0.15) is 19.4 Å². The number of hydrazone groups is 1. The standard InChI is InChI=1S/C18H19N3O5/c1-3-26-14-7-4-12(5-8-14)19-17(24)18(25)21-20-11(2)15-9-6-13(22)10-16(15)23/h4-10,22-23H,3H2,1-2H3,(H,19,24)(H,21,25)/b20-11+. The monoisotopic (exact) mass is 357 g/mol. The van der Waals surface area contributed by atoms with Gasteiger partial charge in [0.05, 0.1) is 12.3 Å². The molecule has 4 N–H and O–H groups in total. The quantitative estimate of drug-likeness (QED) is 0.370. The van der Waals surface area contributed by atoms with Gasteiger partial charge in [0.1, 0.15) is 17.2 Å². The van der Waals surface area contributed by atoms with Crippen molar-refractivity contribution in [3.63, 3.8) is 0 Å². The summed E-state index contributed by atoms with van der Waals surface area (Å²) in [6.45, 7) is 3.93. The number of phenolic OH excluding ortho intramolecular Hbond substituents is 2. The Hall–Kier alpha value is -3.55. The number of nitrogens with one attached hydrogen (secondary N) is 2.